The smallest absolute Gasteiger partial charge is 0.235 e. The molecule has 0 atom stereocenters. The molecule has 1 amide bonds. The number of hydrogen-bond donors (Lipinski definition) is 0. The van der Waals surface area contributed by atoms with E-state index in [4.69, 9.17) is 4.42 Å². The molecule has 0 radical (unpaired) electrons. The van der Waals surface area contributed by atoms with Crippen LogP contribution in [0.25, 0.3) is 0 Å². The maximum atomic E-state index is 13.0. The summed E-state index contributed by atoms with van der Waals surface area (Å²) in [4.78, 5) is 27.4. The molecule has 0 unspecified atom stereocenters. The number of fused-ring (bicyclic) bond motifs is 1. The lowest BCUT2D eigenvalue weighted by Crippen LogP contribution is -2.30. The lowest BCUT2D eigenvalue weighted by Gasteiger charge is -2.30. The van der Waals surface area contributed by atoms with Gasteiger partial charge in [0, 0.05) is 43.9 Å². The van der Waals surface area contributed by atoms with Gasteiger partial charge in [0.25, 0.3) is 0 Å². The van der Waals surface area contributed by atoms with Crippen molar-refractivity contribution < 1.29 is 14.0 Å². The molecule has 7 heteroatoms. The Labute approximate surface area is 166 Å². The Morgan fingerprint density at radius 1 is 1.25 bits per heavy atom. The summed E-state index contributed by atoms with van der Waals surface area (Å²) in [6.45, 7) is 11.3. The van der Waals surface area contributed by atoms with Crippen molar-refractivity contribution in [3.8, 4) is 0 Å². The van der Waals surface area contributed by atoms with E-state index < -0.39 is 0 Å². The number of aryl methyl sites for hydroxylation is 1. The number of carbonyl (C=O) groups excluding carboxylic acids is 2. The highest BCUT2D eigenvalue weighted by Gasteiger charge is 2.37. The zero-order valence-corrected chi connectivity index (χ0v) is 17.8. The second-order valence-electron chi connectivity index (χ2n) is 8.62. The molecule has 0 spiro atoms. The first-order valence-electron chi connectivity index (χ1n) is 9.90. The fourth-order valence-electron chi connectivity index (χ4n) is 4.13. The molecule has 0 aromatic carbocycles. The number of nitrogens with zero attached hydrogens (tertiary/aromatic N) is 4. The first kappa shape index (κ1) is 20.3. The van der Waals surface area contributed by atoms with Crippen LogP contribution >= 0.6 is 0 Å². The van der Waals surface area contributed by atoms with E-state index in [1.807, 2.05) is 6.92 Å². The van der Waals surface area contributed by atoms with Gasteiger partial charge in [-0.25, -0.2) is 0 Å². The van der Waals surface area contributed by atoms with Crippen LogP contribution in [0.3, 0.4) is 0 Å². The largest absolute Gasteiger partial charge is 0.424 e. The van der Waals surface area contributed by atoms with Crippen LogP contribution in [0.1, 0.15) is 72.7 Å². The van der Waals surface area contributed by atoms with Gasteiger partial charge >= 0.3 is 0 Å². The second kappa shape index (κ2) is 7.53. The summed E-state index contributed by atoms with van der Waals surface area (Å²) >= 11 is 0. The van der Waals surface area contributed by atoms with Crippen LogP contribution < -0.4 is 0 Å². The Bertz CT molecular complexity index is 907. The number of ketones is 1. The van der Waals surface area contributed by atoms with Crippen molar-refractivity contribution in [1.82, 2.24) is 19.7 Å². The average molecular weight is 386 g/mol. The molecule has 1 aliphatic carbocycles. The van der Waals surface area contributed by atoms with Gasteiger partial charge in [-0.05, 0) is 30.7 Å². The summed E-state index contributed by atoms with van der Waals surface area (Å²) in [7, 11) is 1.72. The third-order valence-corrected chi connectivity index (χ3v) is 5.46. The normalized spacial score (nSPS) is 15.6. The Hall–Kier alpha value is -2.44. The molecule has 2 heterocycles. The van der Waals surface area contributed by atoms with Gasteiger partial charge in [-0.15, -0.1) is 10.2 Å². The van der Waals surface area contributed by atoms with Gasteiger partial charge in [0.2, 0.25) is 17.7 Å². The molecule has 3 rings (SSSR count). The lowest BCUT2D eigenvalue weighted by molar-refractivity contribution is -0.130. The molecule has 0 saturated heterocycles. The topological polar surface area (TPSA) is 81.2 Å². The number of rotatable bonds is 6. The molecular formula is C21H30N4O3. The molecule has 0 aliphatic heterocycles. The number of carbonyl (C=O) groups is 2. The number of amides is 1. The summed E-state index contributed by atoms with van der Waals surface area (Å²) in [5, 5.41) is 7.75. The number of hydrogen-bond acceptors (Lipinski definition) is 5. The summed E-state index contributed by atoms with van der Waals surface area (Å²) in [6.07, 6.45) is 2.58. The van der Waals surface area contributed by atoms with E-state index in [0.29, 0.717) is 18.2 Å². The molecule has 0 N–H and O–H groups in total. The lowest BCUT2D eigenvalue weighted by atomic mass is 9.75. The molecule has 0 bridgehead atoms. The molecule has 7 nitrogen and oxygen atoms in total. The Balaban J connectivity index is 1.89. The van der Waals surface area contributed by atoms with Crippen molar-refractivity contribution in [3.05, 3.63) is 34.3 Å². The minimum Gasteiger partial charge on any atom is -0.424 e. The van der Waals surface area contributed by atoms with E-state index in [9.17, 15) is 9.59 Å². The number of aromatic nitrogens is 3. The molecule has 28 heavy (non-hydrogen) atoms. The molecule has 0 saturated carbocycles. The predicted molar refractivity (Wildman–Crippen MR) is 105 cm³/mol. The second-order valence-corrected chi connectivity index (χ2v) is 8.62. The van der Waals surface area contributed by atoms with Gasteiger partial charge in [-0.2, -0.15) is 0 Å². The van der Waals surface area contributed by atoms with Gasteiger partial charge < -0.3 is 13.9 Å². The van der Waals surface area contributed by atoms with E-state index in [-0.39, 0.29) is 30.1 Å². The molecule has 1 aliphatic rings. The molecule has 2 aromatic heterocycles. The maximum Gasteiger partial charge on any atom is 0.235 e. The van der Waals surface area contributed by atoms with Crippen LogP contribution in [0.5, 0.6) is 0 Å². The first-order chi connectivity index (χ1) is 13.1. The third kappa shape index (κ3) is 3.88. The molecule has 152 valence electrons. The van der Waals surface area contributed by atoms with Gasteiger partial charge in [-0.3, -0.25) is 9.59 Å². The standard InChI is InChI=1S/C21H30N4O3/c1-7-8-25-13(2)15(20-16(25)10-21(4,5)11-17(20)26)9-19(27)24(6)12-18-23-22-14(3)28-18/h7-12H2,1-6H3. The van der Waals surface area contributed by atoms with Crippen molar-refractivity contribution in [2.75, 3.05) is 7.05 Å². The van der Waals surface area contributed by atoms with Gasteiger partial charge in [0.1, 0.15) is 0 Å². The average Bonchev–Trinajstić information content (AvgIpc) is 3.10. The minimum absolute atomic E-state index is 0.0474. The zero-order chi connectivity index (χ0) is 20.6. The fourth-order valence-corrected chi connectivity index (χ4v) is 4.13. The van der Waals surface area contributed by atoms with Crippen LogP contribution in [-0.4, -0.2) is 38.4 Å². The van der Waals surface area contributed by atoms with E-state index >= 15 is 0 Å². The van der Waals surface area contributed by atoms with Gasteiger partial charge in [-0.1, -0.05) is 20.8 Å². The quantitative estimate of drug-likeness (QED) is 0.761. The van der Waals surface area contributed by atoms with Crippen molar-refractivity contribution in [2.45, 2.75) is 73.4 Å². The van der Waals surface area contributed by atoms with Crippen molar-refractivity contribution >= 4 is 11.7 Å². The first-order valence-corrected chi connectivity index (χ1v) is 9.90. The molecule has 0 fully saturated rings. The molecular weight excluding hydrogens is 356 g/mol. The number of Topliss-reactive ketones (excluding diaryl/α,β-unsaturated/α-hetero) is 1. The monoisotopic (exact) mass is 386 g/mol. The fraction of sp³-hybridized carbons (Fsp3) is 0.619. The predicted octanol–water partition coefficient (Wildman–Crippen LogP) is 3.25. The highest BCUT2D eigenvalue weighted by Crippen LogP contribution is 2.39. The highest BCUT2D eigenvalue weighted by atomic mass is 16.4. The third-order valence-electron chi connectivity index (χ3n) is 5.46. The van der Waals surface area contributed by atoms with Crippen molar-refractivity contribution in [2.24, 2.45) is 5.41 Å². The van der Waals surface area contributed by atoms with Crippen LogP contribution in [-0.2, 0) is 30.7 Å². The number of likely N-dealkylation sites (N-methyl/N-ethyl adjacent to an activating group) is 1. The van der Waals surface area contributed by atoms with Crippen molar-refractivity contribution in [3.63, 3.8) is 0 Å². The molecule has 2 aromatic rings. The van der Waals surface area contributed by atoms with E-state index in [2.05, 4.69) is 35.5 Å². The van der Waals surface area contributed by atoms with E-state index in [1.54, 1.807) is 18.9 Å². The van der Waals surface area contributed by atoms with Crippen LogP contribution in [0.4, 0.5) is 0 Å². The zero-order valence-electron chi connectivity index (χ0n) is 17.8. The Morgan fingerprint density at radius 3 is 2.57 bits per heavy atom. The summed E-state index contributed by atoms with van der Waals surface area (Å²) < 4.78 is 7.62. The minimum atomic E-state index is -0.0620. The summed E-state index contributed by atoms with van der Waals surface area (Å²) in [6, 6.07) is 0. The van der Waals surface area contributed by atoms with E-state index in [0.717, 1.165) is 41.9 Å². The highest BCUT2D eigenvalue weighted by molar-refractivity contribution is 6.01. The van der Waals surface area contributed by atoms with Crippen LogP contribution in [0, 0.1) is 19.3 Å². The van der Waals surface area contributed by atoms with Gasteiger partial charge in [0.05, 0.1) is 13.0 Å². The van der Waals surface area contributed by atoms with Crippen LogP contribution in [0.15, 0.2) is 4.42 Å². The van der Waals surface area contributed by atoms with Crippen molar-refractivity contribution in [1.29, 1.82) is 0 Å². The summed E-state index contributed by atoms with van der Waals surface area (Å²) in [5.41, 5.74) is 3.74. The van der Waals surface area contributed by atoms with E-state index in [1.165, 1.54) is 0 Å². The summed E-state index contributed by atoms with van der Waals surface area (Å²) in [5.74, 6) is 0.981. The Morgan fingerprint density at radius 2 is 1.96 bits per heavy atom. The SMILES string of the molecule is CCCn1c(C)c(CC(=O)N(C)Cc2nnc(C)o2)c2c1CC(C)(C)CC2=O. The van der Waals surface area contributed by atoms with Gasteiger partial charge in [0.15, 0.2) is 5.78 Å². The Kier molecular flexibility index (Phi) is 5.46. The maximum absolute atomic E-state index is 13.0. The van der Waals surface area contributed by atoms with Crippen LogP contribution in [0.2, 0.25) is 0 Å².